The number of anilines is 1. The van der Waals surface area contributed by atoms with Crippen LogP contribution in [0.25, 0.3) is 0 Å². The molecule has 0 saturated carbocycles. The molecule has 1 N–H and O–H groups in total. The first kappa shape index (κ1) is 23.9. The van der Waals surface area contributed by atoms with Gasteiger partial charge in [0, 0.05) is 25.3 Å². The van der Waals surface area contributed by atoms with Crippen molar-refractivity contribution in [3.63, 3.8) is 0 Å². The maximum atomic E-state index is 13.1. The largest absolute Gasteiger partial charge is 0.325 e. The van der Waals surface area contributed by atoms with E-state index in [1.165, 1.54) is 15.3 Å². The van der Waals surface area contributed by atoms with E-state index in [1.807, 2.05) is 6.07 Å². The summed E-state index contributed by atoms with van der Waals surface area (Å²) in [6.45, 7) is 5.88. The molecule has 2 heterocycles. The standard InChI is InChI=1S/C24H28N4O5S/c1-4-26(5-2)34(32,33)19-11-12-20-17(15-19)13-14-27(20)21(29)16-28-22(30)24(3,25-23(28)31)18-9-7-6-8-10-18/h6-12,15H,4-5,13-14,16H2,1-3H3,(H,25,31). The number of sulfonamides is 1. The van der Waals surface area contributed by atoms with E-state index in [0.717, 1.165) is 10.5 Å². The van der Waals surface area contributed by atoms with E-state index < -0.39 is 40.0 Å². The van der Waals surface area contributed by atoms with E-state index in [1.54, 1.807) is 57.2 Å². The number of urea groups is 1. The average molecular weight is 485 g/mol. The fourth-order valence-electron chi connectivity index (χ4n) is 4.54. The zero-order chi connectivity index (χ0) is 24.7. The molecule has 180 valence electrons. The molecule has 2 aromatic rings. The Morgan fingerprint density at radius 2 is 1.76 bits per heavy atom. The SMILES string of the molecule is CCN(CC)S(=O)(=O)c1ccc2c(c1)CCN2C(=O)CN1C(=O)NC(C)(c2ccccc2)C1=O. The Bertz CT molecular complexity index is 1240. The third kappa shape index (κ3) is 3.86. The van der Waals surface area contributed by atoms with Crippen molar-refractivity contribution in [2.24, 2.45) is 0 Å². The van der Waals surface area contributed by atoms with E-state index in [0.29, 0.717) is 37.3 Å². The van der Waals surface area contributed by atoms with Crippen molar-refractivity contribution in [2.75, 3.05) is 31.1 Å². The molecule has 2 aliphatic heterocycles. The molecule has 0 bridgehead atoms. The van der Waals surface area contributed by atoms with Crippen molar-refractivity contribution in [1.82, 2.24) is 14.5 Å². The number of amides is 4. The van der Waals surface area contributed by atoms with Gasteiger partial charge in [-0.15, -0.1) is 0 Å². The Hall–Kier alpha value is -3.24. The molecule has 2 aromatic carbocycles. The third-order valence-corrected chi connectivity index (χ3v) is 8.56. The summed E-state index contributed by atoms with van der Waals surface area (Å²) in [4.78, 5) is 41.4. The molecule has 10 heteroatoms. The number of nitrogens with zero attached hydrogens (tertiary/aromatic N) is 3. The van der Waals surface area contributed by atoms with Gasteiger partial charge < -0.3 is 10.2 Å². The minimum absolute atomic E-state index is 0.192. The van der Waals surface area contributed by atoms with Gasteiger partial charge in [-0.2, -0.15) is 4.31 Å². The summed E-state index contributed by atoms with van der Waals surface area (Å²) in [6.07, 6.45) is 0.491. The zero-order valence-corrected chi connectivity index (χ0v) is 20.3. The first-order chi connectivity index (χ1) is 16.1. The van der Waals surface area contributed by atoms with Gasteiger partial charge in [-0.25, -0.2) is 13.2 Å². The zero-order valence-electron chi connectivity index (χ0n) is 19.4. The van der Waals surface area contributed by atoms with E-state index in [2.05, 4.69) is 5.32 Å². The first-order valence-corrected chi connectivity index (χ1v) is 12.7. The first-order valence-electron chi connectivity index (χ1n) is 11.3. The maximum absolute atomic E-state index is 13.1. The second-order valence-electron chi connectivity index (χ2n) is 8.49. The molecule has 0 aromatic heterocycles. The molecule has 1 atom stereocenters. The molecular formula is C24H28N4O5S. The number of fused-ring (bicyclic) bond motifs is 1. The molecule has 2 aliphatic rings. The lowest BCUT2D eigenvalue weighted by atomic mass is 9.92. The van der Waals surface area contributed by atoms with Gasteiger partial charge >= 0.3 is 6.03 Å². The van der Waals surface area contributed by atoms with Crippen molar-refractivity contribution >= 4 is 33.6 Å². The van der Waals surface area contributed by atoms with Gasteiger partial charge in [0.2, 0.25) is 15.9 Å². The maximum Gasteiger partial charge on any atom is 0.325 e. The Morgan fingerprint density at radius 1 is 1.09 bits per heavy atom. The number of carbonyl (C=O) groups excluding carboxylic acids is 3. The van der Waals surface area contributed by atoms with Crippen LogP contribution in [0.5, 0.6) is 0 Å². The summed E-state index contributed by atoms with van der Waals surface area (Å²) in [7, 11) is -3.61. The number of hydrogen-bond acceptors (Lipinski definition) is 5. The van der Waals surface area contributed by atoms with Crippen molar-refractivity contribution in [3.8, 4) is 0 Å². The molecule has 1 saturated heterocycles. The highest BCUT2D eigenvalue weighted by Gasteiger charge is 2.49. The molecule has 9 nitrogen and oxygen atoms in total. The van der Waals surface area contributed by atoms with E-state index in [4.69, 9.17) is 0 Å². The summed E-state index contributed by atoms with van der Waals surface area (Å²) in [5.41, 5.74) is 0.737. The van der Waals surface area contributed by atoms with Gasteiger partial charge in [-0.3, -0.25) is 14.5 Å². The van der Waals surface area contributed by atoms with Gasteiger partial charge in [-0.05, 0) is 42.7 Å². The van der Waals surface area contributed by atoms with Crippen LogP contribution in [0.3, 0.4) is 0 Å². The topological polar surface area (TPSA) is 107 Å². The van der Waals surface area contributed by atoms with Gasteiger partial charge in [0.15, 0.2) is 0 Å². The number of benzene rings is 2. The Balaban J connectivity index is 1.53. The minimum atomic E-state index is -3.61. The van der Waals surface area contributed by atoms with Crippen LogP contribution in [0, 0.1) is 0 Å². The van der Waals surface area contributed by atoms with Crippen LogP contribution in [-0.2, 0) is 31.6 Å². The average Bonchev–Trinajstić information content (AvgIpc) is 3.35. The predicted octanol–water partition coefficient (Wildman–Crippen LogP) is 2.07. The van der Waals surface area contributed by atoms with Crippen LogP contribution >= 0.6 is 0 Å². The number of hydrogen-bond donors (Lipinski definition) is 1. The van der Waals surface area contributed by atoms with Crippen molar-refractivity contribution in [2.45, 2.75) is 37.6 Å². The quantitative estimate of drug-likeness (QED) is 0.606. The number of imide groups is 1. The van der Waals surface area contributed by atoms with Gasteiger partial charge in [0.1, 0.15) is 12.1 Å². The summed E-state index contributed by atoms with van der Waals surface area (Å²) < 4.78 is 27.1. The van der Waals surface area contributed by atoms with Crippen LogP contribution in [-0.4, -0.2) is 61.6 Å². The summed E-state index contributed by atoms with van der Waals surface area (Å²) in [5, 5.41) is 2.70. The van der Waals surface area contributed by atoms with E-state index >= 15 is 0 Å². The number of rotatable bonds is 7. The fraction of sp³-hybridized carbons (Fsp3) is 0.375. The molecule has 0 spiro atoms. The highest BCUT2D eigenvalue weighted by molar-refractivity contribution is 7.89. The van der Waals surface area contributed by atoms with Crippen molar-refractivity contribution < 1.29 is 22.8 Å². The van der Waals surface area contributed by atoms with Crippen molar-refractivity contribution in [3.05, 3.63) is 59.7 Å². The van der Waals surface area contributed by atoms with Crippen LogP contribution in [0.2, 0.25) is 0 Å². The molecular weight excluding hydrogens is 456 g/mol. The van der Waals surface area contributed by atoms with E-state index in [9.17, 15) is 22.8 Å². The molecule has 4 rings (SSSR count). The van der Waals surface area contributed by atoms with Gasteiger partial charge in [0.25, 0.3) is 5.91 Å². The second-order valence-corrected chi connectivity index (χ2v) is 10.4. The molecule has 0 radical (unpaired) electrons. The lowest BCUT2D eigenvalue weighted by molar-refractivity contribution is -0.134. The van der Waals surface area contributed by atoms with E-state index in [-0.39, 0.29) is 4.90 Å². The fourth-order valence-corrected chi connectivity index (χ4v) is 6.05. The molecule has 1 unspecified atom stereocenters. The summed E-state index contributed by atoms with van der Waals surface area (Å²) in [6, 6.07) is 13.0. The second kappa shape index (κ2) is 8.84. The Morgan fingerprint density at radius 3 is 2.41 bits per heavy atom. The molecule has 0 aliphatic carbocycles. The normalized spacial score (nSPS) is 20.1. The highest BCUT2D eigenvalue weighted by atomic mass is 32.2. The number of nitrogens with one attached hydrogen (secondary N) is 1. The Kier molecular flexibility index (Phi) is 6.22. The predicted molar refractivity (Wildman–Crippen MR) is 127 cm³/mol. The lowest BCUT2D eigenvalue weighted by Gasteiger charge is -2.23. The van der Waals surface area contributed by atoms with Crippen molar-refractivity contribution in [1.29, 1.82) is 0 Å². The summed E-state index contributed by atoms with van der Waals surface area (Å²) >= 11 is 0. The molecule has 34 heavy (non-hydrogen) atoms. The molecule has 1 fully saturated rings. The van der Waals surface area contributed by atoms with Gasteiger partial charge in [-0.1, -0.05) is 44.2 Å². The third-order valence-electron chi connectivity index (χ3n) is 6.51. The van der Waals surface area contributed by atoms with Crippen LogP contribution < -0.4 is 10.2 Å². The lowest BCUT2D eigenvalue weighted by Crippen LogP contribution is -2.44. The summed E-state index contributed by atoms with van der Waals surface area (Å²) in [5.74, 6) is -0.893. The smallest absolute Gasteiger partial charge is 0.319 e. The number of carbonyl (C=O) groups is 3. The van der Waals surface area contributed by atoms with Gasteiger partial charge in [0.05, 0.1) is 4.90 Å². The monoisotopic (exact) mass is 484 g/mol. The van der Waals surface area contributed by atoms with Crippen LogP contribution in [0.1, 0.15) is 31.9 Å². The van der Waals surface area contributed by atoms with Crippen LogP contribution in [0.4, 0.5) is 10.5 Å². The minimum Gasteiger partial charge on any atom is -0.319 e. The Labute approximate surface area is 199 Å². The van der Waals surface area contributed by atoms with Crippen LogP contribution in [0.15, 0.2) is 53.4 Å². The highest BCUT2D eigenvalue weighted by Crippen LogP contribution is 2.33. The molecule has 4 amide bonds.